The molecule has 1 aliphatic carbocycles. The Balaban J connectivity index is 1.76. The third kappa shape index (κ3) is 5.43. The number of hydrogen-bond donors (Lipinski definition) is 2. The Labute approximate surface area is 137 Å². The summed E-state index contributed by atoms with van der Waals surface area (Å²) in [7, 11) is 3.89. The number of benzene rings is 1. The molecule has 0 spiro atoms. The number of anilines is 2. The summed E-state index contributed by atoms with van der Waals surface area (Å²) in [6.07, 6.45) is 7.81. The van der Waals surface area contributed by atoms with Crippen molar-refractivity contribution in [2.75, 3.05) is 30.9 Å². The monoisotopic (exact) mass is 315 g/mol. The average Bonchev–Trinajstić information content (AvgIpc) is 2.56. The summed E-state index contributed by atoms with van der Waals surface area (Å²) in [5.74, 6) is -1.21. The van der Waals surface area contributed by atoms with E-state index >= 15 is 0 Å². The van der Waals surface area contributed by atoms with Crippen molar-refractivity contribution in [1.29, 1.82) is 0 Å². The van der Waals surface area contributed by atoms with Crippen LogP contribution < -0.4 is 15.5 Å². The smallest absolute Gasteiger partial charge is 0.313 e. The van der Waals surface area contributed by atoms with Crippen LogP contribution in [0, 0.1) is 0 Å². The molecule has 0 radical (unpaired) electrons. The van der Waals surface area contributed by atoms with Gasteiger partial charge in [0.15, 0.2) is 0 Å². The van der Waals surface area contributed by atoms with Gasteiger partial charge in [-0.3, -0.25) is 9.59 Å². The second-order valence-electron chi connectivity index (χ2n) is 6.01. The van der Waals surface area contributed by atoms with E-state index in [4.69, 9.17) is 0 Å². The van der Waals surface area contributed by atoms with Crippen LogP contribution in [0.2, 0.25) is 0 Å². The Morgan fingerprint density at radius 3 is 2.43 bits per heavy atom. The van der Waals surface area contributed by atoms with E-state index < -0.39 is 11.8 Å². The average molecular weight is 315 g/mol. The van der Waals surface area contributed by atoms with Gasteiger partial charge in [-0.1, -0.05) is 11.6 Å². The Bertz CT molecular complexity index is 576. The zero-order valence-electron chi connectivity index (χ0n) is 13.9. The van der Waals surface area contributed by atoms with E-state index in [0.29, 0.717) is 12.2 Å². The minimum Gasteiger partial charge on any atom is -0.378 e. The summed E-state index contributed by atoms with van der Waals surface area (Å²) in [5.41, 5.74) is 3.04. The highest BCUT2D eigenvalue weighted by atomic mass is 16.2. The summed E-state index contributed by atoms with van der Waals surface area (Å²) >= 11 is 0. The molecule has 23 heavy (non-hydrogen) atoms. The minimum absolute atomic E-state index is 0.512. The van der Waals surface area contributed by atoms with E-state index in [9.17, 15) is 9.59 Å². The van der Waals surface area contributed by atoms with Crippen LogP contribution in [0.1, 0.15) is 32.1 Å². The van der Waals surface area contributed by atoms with Gasteiger partial charge in [-0.15, -0.1) is 0 Å². The van der Waals surface area contributed by atoms with E-state index in [-0.39, 0.29) is 0 Å². The summed E-state index contributed by atoms with van der Waals surface area (Å²) < 4.78 is 0. The molecule has 0 aliphatic heterocycles. The van der Waals surface area contributed by atoms with Crippen LogP contribution in [0.3, 0.4) is 0 Å². The van der Waals surface area contributed by atoms with Gasteiger partial charge < -0.3 is 15.5 Å². The van der Waals surface area contributed by atoms with Crippen molar-refractivity contribution in [2.45, 2.75) is 32.1 Å². The molecule has 0 saturated carbocycles. The highest BCUT2D eigenvalue weighted by molar-refractivity contribution is 6.39. The van der Waals surface area contributed by atoms with Crippen molar-refractivity contribution in [3.8, 4) is 0 Å². The number of allylic oxidation sites excluding steroid dienone is 1. The van der Waals surface area contributed by atoms with Gasteiger partial charge in [-0.2, -0.15) is 0 Å². The van der Waals surface area contributed by atoms with Crippen molar-refractivity contribution in [2.24, 2.45) is 0 Å². The van der Waals surface area contributed by atoms with Crippen LogP contribution in [0.15, 0.2) is 35.9 Å². The Morgan fingerprint density at radius 2 is 1.83 bits per heavy atom. The fraction of sp³-hybridized carbons (Fsp3) is 0.444. The molecule has 1 aliphatic rings. The fourth-order valence-electron chi connectivity index (χ4n) is 2.58. The highest BCUT2D eigenvalue weighted by Crippen LogP contribution is 2.19. The summed E-state index contributed by atoms with van der Waals surface area (Å²) in [4.78, 5) is 25.6. The zero-order valence-corrected chi connectivity index (χ0v) is 13.9. The lowest BCUT2D eigenvalue weighted by Crippen LogP contribution is -2.36. The van der Waals surface area contributed by atoms with Gasteiger partial charge >= 0.3 is 11.8 Å². The van der Waals surface area contributed by atoms with Crippen molar-refractivity contribution in [1.82, 2.24) is 5.32 Å². The van der Waals surface area contributed by atoms with Gasteiger partial charge in [0.05, 0.1) is 0 Å². The fourth-order valence-corrected chi connectivity index (χ4v) is 2.58. The van der Waals surface area contributed by atoms with Crippen molar-refractivity contribution in [3.63, 3.8) is 0 Å². The van der Waals surface area contributed by atoms with E-state index in [1.165, 1.54) is 18.4 Å². The maximum Gasteiger partial charge on any atom is 0.313 e. The molecule has 0 bridgehead atoms. The second kappa shape index (κ2) is 8.36. The summed E-state index contributed by atoms with van der Waals surface area (Å²) in [5, 5.41) is 5.29. The van der Waals surface area contributed by atoms with Gasteiger partial charge in [0.1, 0.15) is 0 Å². The molecule has 124 valence electrons. The van der Waals surface area contributed by atoms with E-state index in [1.54, 1.807) is 12.1 Å². The van der Waals surface area contributed by atoms with Crippen LogP contribution in [-0.4, -0.2) is 32.5 Å². The molecular formula is C18H25N3O2. The lowest BCUT2D eigenvalue weighted by molar-refractivity contribution is -0.136. The molecular weight excluding hydrogens is 290 g/mol. The topological polar surface area (TPSA) is 61.4 Å². The number of carbonyl (C=O) groups excluding carboxylic acids is 2. The number of carbonyl (C=O) groups is 2. The van der Waals surface area contributed by atoms with Crippen molar-refractivity contribution < 1.29 is 9.59 Å². The van der Waals surface area contributed by atoms with Gasteiger partial charge in [-0.25, -0.2) is 0 Å². The lowest BCUT2D eigenvalue weighted by atomic mass is 9.97. The highest BCUT2D eigenvalue weighted by Gasteiger charge is 2.13. The first-order valence-electron chi connectivity index (χ1n) is 8.11. The Kier molecular flexibility index (Phi) is 6.20. The second-order valence-corrected chi connectivity index (χ2v) is 6.01. The predicted molar refractivity (Wildman–Crippen MR) is 93.6 cm³/mol. The van der Waals surface area contributed by atoms with Gasteiger partial charge in [0.25, 0.3) is 0 Å². The Morgan fingerprint density at radius 1 is 1.09 bits per heavy atom. The molecule has 0 fully saturated rings. The molecule has 5 heteroatoms. The van der Waals surface area contributed by atoms with Crippen molar-refractivity contribution in [3.05, 3.63) is 35.9 Å². The largest absolute Gasteiger partial charge is 0.378 e. The first kappa shape index (κ1) is 17.1. The predicted octanol–water partition coefficient (Wildman–Crippen LogP) is 2.70. The molecule has 0 heterocycles. The van der Waals surface area contributed by atoms with Gasteiger partial charge in [-0.05, 0) is 56.4 Å². The molecule has 0 aromatic heterocycles. The molecule has 1 aromatic rings. The summed E-state index contributed by atoms with van der Waals surface area (Å²) in [6, 6.07) is 7.35. The molecule has 0 atom stereocenters. The molecule has 0 saturated heterocycles. The molecule has 2 amide bonds. The lowest BCUT2D eigenvalue weighted by Gasteiger charge is -2.14. The molecule has 2 N–H and O–H groups in total. The van der Waals surface area contributed by atoms with Crippen LogP contribution in [0.5, 0.6) is 0 Å². The first-order chi connectivity index (χ1) is 11.1. The summed E-state index contributed by atoms with van der Waals surface area (Å²) in [6.45, 7) is 0.512. The maximum atomic E-state index is 11.9. The van der Waals surface area contributed by atoms with E-state index in [2.05, 4.69) is 16.7 Å². The third-order valence-corrected chi connectivity index (χ3v) is 3.96. The standard InChI is InChI=1S/C18H25N3O2/c1-21(2)16-10-8-15(9-11-16)20-18(23)17(22)19-13-12-14-6-4-3-5-7-14/h6,8-11H,3-5,7,12-13H2,1-2H3,(H,19,22)(H,20,23). The van der Waals surface area contributed by atoms with Crippen LogP contribution in [0.25, 0.3) is 0 Å². The van der Waals surface area contributed by atoms with Crippen LogP contribution >= 0.6 is 0 Å². The quantitative estimate of drug-likeness (QED) is 0.649. The number of nitrogens with zero attached hydrogens (tertiary/aromatic N) is 1. The first-order valence-corrected chi connectivity index (χ1v) is 8.11. The Hall–Kier alpha value is -2.30. The maximum absolute atomic E-state index is 11.9. The number of amides is 2. The number of hydrogen-bond acceptors (Lipinski definition) is 3. The molecule has 2 rings (SSSR count). The van der Waals surface area contributed by atoms with Crippen LogP contribution in [-0.2, 0) is 9.59 Å². The van der Waals surface area contributed by atoms with Crippen molar-refractivity contribution >= 4 is 23.2 Å². The normalized spacial score (nSPS) is 13.9. The molecule has 0 unspecified atom stereocenters. The van der Waals surface area contributed by atoms with E-state index in [0.717, 1.165) is 24.9 Å². The minimum atomic E-state index is -0.625. The third-order valence-electron chi connectivity index (χ3n) is 3.96. The molecule has 1 aromatic carbocycles. The van der Waals surface area contributed by atoms with Gasteiger partial charge in [0.2, 0.25) is 0 Å². The van der Waals surface area contributed by atoms with E-state index in [1.807, 2.05) is 31.1 Å². The number of nitrogens with one attached hydrogen (secondary N) is 2. The van der Waals surface area contributed by atoms with Crippen LogP contribution in [0.4, 0.5) is 11.4 Å². The van der Waals surface area contributed by atoms with Gasteiger partial charge in [0, 0.05) is 32.0 Å². The SMILES string of the molecule is CN(C)c1ccc(NC(=O)C(=O)NCCC2=CCCCC2)cc1. The molecule has 5 nitrogen and oxygen atoms in total. The zero-order chi connectivity index (χ0) is 16.7. The number of rotatable bonds is 5.